The third-order valence-corrected chi connectivity index (χ3v) is 4.78. The van der Waals surface area contributed by atoms with Gasteiger partial charge in [-0.05, 0) is 53.1 Å². The van der Waals surface area contributed by atoms with Crippen LogP contribution >= 0.6 is 0 Å². The number of likely N-dealkylation sites (tertiary alicyclic amines) is 1. The maximum Gasteiger partial charge on any atom is 0.244 e. The summed E-state index contributed by atoms with van der Waals surface area (Å²) in [6.45, 7) is 9.54. The molecule has 22 heavy (non-hydrogen) atoms. The smallest absolute Gasteiger partial charge is 0.244 e. The summed E-state index contributed by atoms with van der Waals surface area (Å²) in [5.74, 6) is 0.00926. The highest BCUT2D eigenvalue weighted by atomic mass is 16.1. The van der Waals surface area contributed by atoms with Gasteiger partial charge in [0.1, 0.15) is 0 Å². The molecule has 1 aliphatic heterocycles. The Labute approximate surface area is 134 Å². The van der Waals surface area contributed by atoms with Crippen LogP contribution in [-0.4, -0.2) is 28.9 Å². The molecule has 0 aliphatic carbocycles. The van der Waals surface area contributed by atoms with E-state index in [9.17, 15) is 4.79 Å². The fourth-order valence-electron chi connectivity index (χ4n) is 3.35. The molecule has 0 saturated carbocycles. The second-order valence-corrected chi connectivity index (χ2v) is 7.54. The Morgan fingerprint density at radius 3 is 2.23 bits per heavy atom. The third kappa shape index (κ3) is 3.98. The van der Waals surface area contributed by atoms with E-state index in [-0.39, 0.29) is 17.0 Å². The highest BCUT2D eigenvalue weighted by molar-refractivity contribution is 5.88. The van der Waals surface area contributed by atoms with Gasteiger partial charge < -0.3 is 5.32 Å². The monoisotopic (exact) mass is 300 g/mol. The zero-order chi connectivity index (χ0) is 16.4. The first-order chi connectivity index (χ1) is 10.2. The normalized spacial score (nSPS) is 20.5. The van der Waals surface area contributed by atoms with Gasteiger partial charge in [0, 0.05) is 23.7 Å². The first kappa shape index (κ1) is 16.8. The van der Waals surface area contributed by atoms with Crippen molar-refractivity contribution in [2.75, 3.05) is 7.05 Å². The molecule has 1 amide bonds. The van der Waals surface area contributed by atoms with Crippen LogP contribution < -0.4 is 5.32 Å². The van der Waals surface area contributed by atoms with E-state index in [0.717, 1.165) is 18.4 Å². The second kappa shape index (κ2) is 6.25. The molecule has 2 rings (SSSR count). The molecule has 1 aromatic carbocycles. The van der Waals surface area contributed by atoms with Crippen LogP contribution in [-0.2, 0) is 11.3 Å². The molecule has 0 aromatic heterocycles. The van der Waals surface area contributed by atoms with Crippen molar-refractivity contribution in [1.29, 1.82) is 0 Å². The van der Waals surface area contributed by atoms with Gasteiger partial charge in [-0.25, -0.2) is 0 Å². The number of rotatable bonds is 3. The molecule has 3 heteroatoms. The summed E-state index contributed by atoms with van der Waals surface area (Å²) in [7, 11) is 2.17. The Morgan fingerprint density at radius 2 is 1.68 bits per heavy atom. The van der Waals surface area contributed by atoms with Crippen LogP contribution in [0.25, 0.3) is 0 Å². The van der Waals surface area contributed by atoms with Crippen molar-refractivity contribution in [3.05, 3.63) is 47.5 Å². The van der Waals surface area contributed by atoms with Gasteiger partial charge in [-0.1, -0.05) is 35.9 Å². The molecule has 0 spiro atoms. The van der Waals surface area contributed by atoms with Gasteiger partial charge in [0.25, 0.3) is 0 Å². The van der Waals surface area contributed by atoms with Crippen LogP contribution in [0, 0.1) is 0 Å². The molecular weight excluding hydrogens is 272 g/mol. The Balaban J connectivity index is 2.01. The van der Waals surface area contributed by atoms with Crippen LogP contribution in [0.4, 0.5) is 0 Å². The number of hydrogen-bond donors (Lipinski definition) is 1. The molecule has 1 N–H and O–H groups in total. The Kier molecular flexibility index (Phi) is 4.76. The SMILES string of the molecule is CN1C(C)(C)CC(=CC(=O)NCc2ccccc2)CC1(C)C. The van der Waals surface area contributed by atoms with Crippen LogP contribution in [0.3, 0.4) is 0 Å². The Hall–Kier alpha value is -1.61. The fourth-order valence-corrected chi connectivity index (χ4v) is 3.35. The van der Waals surface area contributed by atoms with E-state index >= 15 is 0 Å². The largest absolute Gasteiger partial charge is 0.348 e. The number of benzene rings is 1. The minimum atomic E-state index is 0.00926. The lowest BCUT2D eigenvalue weighted by Gasteiger charge is -2.51. The molecule has 0 unspecified atom stereocenters. The average molecular weight is 300 g/mol. The summed E-state index contributed by atoms with van der Waals surface area (Å²) in [6.07, 6.45) is 3.68. The topological polar surface area (TPSA) is 32.3 Å². The van der Waals surface area contributed by atoms with Crippen LogP contribution in [0.2, 0.25) is 0 Å². The maximum absolute atomic E-state index is 12.2. The second-order valence-electron chi connectivity index (χ2n) is 7.54. The molecule has 0 atom stereocenters. The van der Waals surface area contributed by atoms with Crippen molar-refractivity contribution >= 4 is 5.91 Å². The van der Waals surface area contributed by atoms with Crippen LogP contribution in [0.1, 0.15) is 46.1 Å². The summed E-state index contributed by atoms with van der Waals surface area (Å²) >= 11 is 0. The zero-order valence-electron chi connectivity index (χ0n) is 14.4. The predicted octanol–water partition coefficient (Wildman–Crippen LogP) is 3.51. The highest BCUT2D eigenvalue weighted by Crippen LogP contribution is 2.39. The quantitative estimate of drug-likeness (QED) is 0.866. The Bertz CT molecular complexity index is 538. The lowest BCUT2D eigenvalue weighted by Crippen LogP contribution is -2.56. The van der Waals surface area contributed by atoms with Gasteiger partial charge in [0.05, 0.1) is 0 Å². The number of amides is 1. The fraction of sp³-hybridized carbons (Fsp3) is 0.526. The molecule has 0 bridgehead atoms. The lowest BCUT2D eigenvalue weighted by atomic mass is 9.77. The van der Waals surface area contributed by atoms with Gasteiger partial charge in [0.2, 0.25) is 5.91 Å². The van der Waals surface area contributed by atoms with E-state index in [4.69, 9.17) is 0 Å². The van der Waals surface area contributed by atoms with Crippen molar-refractivity contribution in [3.63, 3.8) is 0 Å². The molecule has 1 fully saturated rings. The van der Waals surface area contributed by atoms with E-state index in [0.29, 0.717) is 6.54 Å². The van der Waals surface area contributed by atoms with Gasteiger partial charge in [-0.15, -0.1) is 0 Å². The van der Waals surface area contributed by atoms with Crippen molar-refractivity contribution < 1.29 is 4.79 Å². The third-order valence-electron chi connectivity index (χ3n) is 4.78. The summed E-state index contributed by atoms with van der Waals surface area (Å²) in [4.78, 5) is 14.6. The van der Waals surface area contributed by atoms with Crippen LogP contribution in [0.5, 0.6) is 0 Å². The maximum atomic E-state index is 12.2. The molecule has 1 heterocycles. The number of carbonyl (C=O) groups excluding carboxylic acids is 1. The number of nitrogens with zero attached hydrogens (tertiary/aromatic N) is 1. The number of carbonyl (C=O) groups is 1. The first-order valence-electron chi connectivity index (χ1n) is 7.96. The number of hydrogen-bond acceptors (Lipinski definition) is 2. The van der Waals surface area contributed by atoms with Gasteiger partial charge in [0.15, 0.2) is 0 Å². The minimum Gasteiger partial charge on any atom is -0.348 e. The summed E-state index contributed by atoms with van der Waals surface area (Å²) < 4.78 is 0. The average Bonchev–Trinajstić information content (AvgIpc) is 2.43. The van der Waals surface area contributed by atoms with Crippen molar-refractivity contribution in [2.45, 2.75) is 58.2 Å². The number of piperidine rings is 1. The van der Waals surface area contributed by atoms with Gasteiger partial charge >= 0.3 is 0 Å². The van der Waals surface area contributed by atoms with E-state index in [1.54, 1.807) is 6.08 Å². The lowest BCUT2D eigenvalue weighted by molar-refractivity contribution is -0.116. The summed E-state index contributed by atoms with van der Waals surface area (Å²) in [6, 6.07) is 10.0. The highest BCUT2D eigenvalue weighted by Gasteiger charge is 2.40. The zero-order valence-corrected chi connectivity index (χ0v) is 14.4. The van der Waals surface area contributed by atoms with E-state index in [1.165, 1.54) is 5.57 Å². The summed E-state index contributed by atoms with van der Waals surface area (Å²) in [5, 5.41) is 2.98. The van der Waals surface area contributed by atoms with E-state index < -0.39 is 0 Å². The van der Waals surface area contributed by atoms with Gasteiger partial charge in [-0.2, -0.15) is 0 Å². The van der Waals surface area contributed by atoms with Crippen molar-refractivity contribution in [3.8, 4) is 0 Å². The molecule has 1 aliphatic rings. The predicted molar refractivity (Wildman–Crippen MR) is 91.5 cm³/mol. The van der Waals surface area contributed by atoms with Crippen LogP contribution in [0.15, 0.2) is 42.0 Å². The van der Waals surface area contributed by atoms with Gasteiger partial charge in [-0.3, -0.25) is 9.69 Å². The standard InChI is InChI=1S/C19H28N2O/c1-18(2)12-16(13-19(3,4)21(18)5)11-17(22)20-14-15-9-7-6-8-10-15/h6-11H,12-14H2,1-5H3,(H,20,22). The molecule has 1 saturated heterocycles. The summed E-state index contributed by atoms with van der Waals surface area (Å²) in [5.41, 5.74) is 2.51. The van der Waals surface area contributed by atoms with Crippen molar-refractivity contribution in [2.24, 2.45) is 0 Å². The molecule has 120 valence electrons. The molecule has 0 radical (unpaired) electrons. The molecular formula is C19H28N2O. The van der Waals surface area contributed by atoms with Crippen molar-refractivity contribution in [1.82, 2.24) is 10.2 Å². The number of nitrogens with one attached hydrogen (secondary N) is 1. The Morgan fingerprint density at radius 1 is 1.14 bits per heavy atom. The minimum absolute atomic E-state index is 0.00926. The van der Waals surface area contributed by atoms with E-state index in [2.05, 4.69) is 45.0 Å². The first-order valence-corrected chi connectivity index (χ1v) is 7.96. The molecule has 1 aromatic rings. The van der Waals surface area contributed by atoms with E-state index in [1.807, 2.05) is 30.3 Å². The molecule has 3 nitrogen and oxygen atoms in total.